The normalized spacial score (nSPS) is 14.1. The fourth-order valence-electron chi connectivity index (χ4n) is 1.04. The lowest BCUT2D eigenvalue weighted by atomic mass is 10.4. The Morgan fingerprint density at radius 1 is 1.24 bits per heavy atom. The van der Waals surface area contributed by atoms with E-state index in [2.05, 4.69) is 20.4 Å². The highest BCUT2D eigenvalue weighted by molar-refractivity contribution is 7.48. The summed E-state index contributed by atoms with van der Waals surface area (Å²) in [6.45, 7) is 4.68. The van der Waals surface area contributed by atoms with Crippen molar-refractivity contribution in [3.63, 3.8) is 0 Å². The van der Waals surface area contributed by atoms with E-state index in [1.807, 2.05) is 21.1 Å². The number of esters is 1. The van der Waals surface area contributed by atoms with Gasteiger partial charge >= 0.3 is 19.8 Å². The Balaban J connectivity index is 4.03. The van der Waals surface area contributed by atoms with Crippen molar-refractivity contribution in [2.75, 3.05) is 40.9 Å². The second-order valence-electron chi connectivity index (χ2n) is 5.45. The van der Waals surface area contributed by atoms with Gasteiger partial charge in [0.05, 0.1) is 40.7 Å². The standard InChI is InChI=1S/C12H22NO7P/c1-10(2)12(15)18-8-9-19-21(16,17)20-11(14)6-7-13(3,4)5/h1,6-9H2,2-5H3/p+1. The second-order valence-corrected chi connectivity index (χ2v) is 6.82. The molecule has 8 nitrogen and oxygen atoms in total. The van der Waals surface area contributed by atoms with Crippen molar-refractivity contribution in [2.24, 2.45) is 0 Å². The first-order valence-corrected chi connectivity index (χ1v) is 7.75. The van der Waals surface area contributed by atoms with Crippen LogP contribution in [-0.2, 0) is 27.9 Å². The number of carbonyl (C=O) groups is 2. The Kier molecular flexibility index (Phi) is 7.81. The molecule has 0 fully saturated rings. The molecule has 0 amide bonds. The maximum Gasteiger partial charge on any atom is 0.529 e. The third-order valence-electron chi connectivity index (χ3n) is 2.12. The van der Waals surface area contributed by atoms with Gasteiger partial charge in [0.25, 0.3) is 0 Å². The molecule has 0 aromatic rings. The van der Waals surface area contributed by atoms with Crippen LogP contribution >= 0.6 is 7.82 Å². The lowest BCUT2D eigenvalue weighted by molar-refractivity contribution is -0.869. The molecule has 0 saturated heterocycles. The highest BCUT2D eigenvalue weighted by Gasteiger charge is 2.27. The molecule has 0 heterocycles. The van der Waals surface area contributed by atoms with Crippen LogP contribution < -0.4 is 0 Å². The lowest BCUT2D eigenvalue weighted by Crippen LogP contribution is -2.36. The molecule has 0 aliphatic heterocycles. The predicted octanol–water partition coefficient (Wildman–Crippen LogP) is 0.862. The van der Waals surface area contributed by atoms with Gasteiger partial charge in [0.1, 0.15) is 6.61 Å². The Hall–Kier alpha value is -1.21. The van der Waals surface area contributed by atoms with Gasteiger partial charge in [0, 0.05) is 5.57 Å². The van der Waals surface area contributed by atoms with Crippen LogP contribution in [0.5, 0.6) is 0 Å². The van der Waals surface area contributed by atoms with E-state index in [1.165, 1.54) is 6.92 Å². The molecule has 1 unspecified atom stereocenters. The van der Waals surface area contributed by atoms with Gasteiger partial charge in [-0.2, -0.15) is 0 Å². The zero-order valence-electron chi connectivity index (χ0n) is 12.8. The zero-order valence-corrected chi connectivity index (χ0v) is 13.7. The summed E-state index contributed by atoms with van der Waals surface area (Å²) in [4.78, 5) is 31.7. The van der Waals surface area contributed by atoms with Crippen LogP contribution in [-0.4, -0.2) is 62.2 Å². The fraction of sp³-hybridized carbons (Fsp3) is 0.667. The zero-order chi connectivity index (χ0) is 16.7. The molecule has 0 rings (SSSR count). The van der Waals surface area contributed by atoms with E-state index in [0.29, 0.717) is 11.0 Å². The number of phosphoric ester groups is 1. The molecule has 0 aliphatic carbocycles. The topological polar surface area (TPSA) is 99.1 Å². The summed E-state index contributed by atoms with van der Waals surface area (Å²) in [6, 6.07) is 0. The first kappa shape index (κ1) is 19.8. The average Bonchev–Trinajstić information content (AvgIpc) is 2.30. The van der Waals surface area contributed by atoms with Crippen molar-refractivity contribution in [3.8, 4) is 0 Å². The molecule has 1 atom stereocenters. The first-order valence-electron chi connectivity index (χ1n) is 6.26. The maximum absolute atomic E-state index is 11.5. The summed E-state index contributed by atoms with van der Waals surface area (Å²) < 4.78 is 25.5. The van der Waals surface area contributed by atoms with Gasteiger partial charge in [-0.1, -0.05) is 6.58 Å². The lowest BCUT2D eigenvalue weighted by Gasteiger charge is -2.23. The SMILES string of the molecule is C=C(C)C(=O)OCCOP(=O)(O)OC(=O)CC[N+](C)(C)C. The van der Waals surface area contributed by atoms with Gasteiger partial charge in [-0.15, -0.1) is 0 Å². The molecule has 9 heteroatoms. The Morgan fingerprint density at radius 3 is 2.29 bits per heavy atom. The van der Waals surface area contributed by atoms with Crippen LogP contribution in [0.2, 0.25) is 0 Å². The highest BCUT2D eigenvalue weighted by atomic mass is 31.2. The van der Waals surface area contributed by atoms with Gasteiger partial charge in [0.15, 0.2) is 0 Å². The molecular weight excluding hydrogens is 301 g/mol. The third-order valence-corrected chi connectivity index (χ3v) is 3.07. The van der Waals surface area contributed by atoms with Gasteiger partial charge < -0.3 is 13.7 Å². The summed E-state index contributed by atoms with van der Waals surface area (Å²) >= 11 is 0. The van der Waals surface area contributed by atoms with Crippen molar-refractivity contribution in [1.29, 1.82) is 0 Å². The highest BCUT2D eigenvalue weighted by Crippen LogP contribution is 2.43. The van der Waals surface area contributed by atoms with Crippen molar-refractivity contribution in [1.82, 2.24) is 0 Å². The van der Waals surface area contributed by atoms with E-state index in [1.54, 1.807) is 0 Å². The van der Waals surface area contributed by atoms with Crippen molar-refractivity contribution >= 4 is 19.8 Å². The number of quaternary nitrogens is 1. The number of nitrogens with zero attached hydrogens (tertiary/aromatic N) is 1. The van der Waals surface area contributed by atoms with Crippen LogP contribution in [0.4, 0.5) is 0 Å². The summed E-state index contributed by atoms with van der Waals surface area (Å²) in [5.74, 6) is -1.46. The van der Waals surface area contributed by atoms with Crippen LogP contribution in [0.1, 0.15) is 13.3 Å². The predicted molar refractivity (Wildman–Crippen MR) is 75.2 cm³/mol. The molecule has 0 bridgehead atoms. The molecule has 21 heavy (non-hydrogen) atoms. The maximum atomic E-state index is 11.5. The molecule has 0 spiro atoms. The summed E-state index contributed by atoms with van der Waals surface area (Å²) in [5, 5.41) is 0. The van der Waals surface area contributed by atoms with E-state index in [4.69, 9.17) is 0 Å². The molecule has 0 aromatic carbocycles. The summed E-state index contributed by atoms with van der Waals surface area (Å²) in [7, 11) is 1.14. The number of rotatable bonds is 9. The summed E-state index contributed by atoms with van der Waals surface area (Å²) in [5.41, 5.74) is 0.203. The Morgan fingerprint density at radius 2 is 1.81 bits per heavy atom. The van der Waals surface area contributed by atoms with E-state index < -0.39 is 19.8 Å². The molecule has 122 valence electrons. The number of ether oxygens (including phenoxy) is 1. The van der Waals surface area contributed by atoms with Gasteiger partial charge in [-0.05, 0) is 6.92 Å². The van der Waals surface area contributed by atoms with E-state index in [0.717, 1.165) is 0 Å². The van der Waals surface area contributed by atoms with Gasteiger partial charge in [-0.3, -0.25) is 14.2 Å². The Bertz CT molecular complexity index is 441. The van der Waals surface area contributed by atoms with E-state index in [9.17, 15) is 19.0 Å². The van der Waals surface area contributed by atoms with Crippen LogP contribution in [0.3, 0.4) is 0 Å². The van der Waals surface area contributed by atoms with E-state index in [-0.39, 0.29) is 25.2 Å². The minimum Gasteiger partial charge on any atom is -0.460 e. The molecular formula is C12H23NO7P+. The first-order chi connectivity index (χ1) is 9.43. The fourth-order valence-corrected chi connectivity index (χ4v) is 1.74. The second kappa shape index (κ2) is 8.29. The van der Waals surface area contributed by atoms with Crippen molar-refractivity contribution in [2.45, 2.75) is 13.3 Å². The molecule has 0 saturated carbocycles. The smallest absolute Gasteiger partial charge is 0.460 e. The molecule has 0 radical (unpaired) electrons. The molecule has 0 aliphatic rings. The third kappa shape index (κ3) is 11.2. The van der Waals surface area contributed by atoms with Crippen molar-refractivity contribution in [3.05, 3.63) is 12.2 Å². The van der Waals surface area contributed by atoms with Gasteiger partial charge in [0.2, 0.25) is 0 Å². The quantitative estimate of drug-likeness (QED) is 0.221. The van der Waals surface area contributed by atoms with Crippen LogP contribution in [0.25, 0.3) is 0 Å². The number of carbonyl (C=O) groups excluding carboxylic acids is 2. The minimum absolute atomic E-state index is 0.0119. The minimum atomic E-state index is -4.48. The summed E-state index contributed by atoms with van der Waals surface area (Å²) in [6.07, 6.45) is -0.0119. The average molecular weight is 324 g/mol. The monoisotopic (exact) mass is 324 g/mol. The van der Waals surface area contributed by atoms with Gasteiger partial charge in [-0.25, -0.2) is 9.36 Å². The molecule has 0 aromatic heterocycles. The van der Waals surface area contributed by atoms with Crippen molar-refractivity contribution < 1.29 is 37.3 Å². The number of hydrogen-bond donors (Lipinski definition) is 1. The largest absolute Gasteiger partial charge is 0.529 e. The van der Waals surface area contributed by atoms with Crippen LogP contribution in [0.15, 0.2) is 12.2 Å². The van der Waals surface area contributed by atoms with E-state index >= 15 is 0 Å². The number of phosphoric acid groups is 1. The van der Waals surface area contributed by atoms with Crippen LogP contribution in [0, 0.1) is 0 Å². The Labute approximate surface area is 124 Å². The molecule has 1 N–H and O–H groups in total. The number of hydrogen-bond acceptors (Lipinski definition) is 6.